The summed E-state index contributed by atoms with van der Waals surface area (Å²) in [4.78, 5) is 32.7. The van der Waals surface area contributed by atoms with Crippen LogP contribution in [-0.4, -0.2) is 40.3 Å². The van der Waals surface area contributed by atoms with Gasteiger partial charge in [-0.3, -0.25) is 19.9 Å². The first-order valence-electron chi connectivity index (χ1n) is 10.5. The van der Waals surface area contributed by atoms with Gasteiger partial charge in [0.25, 0.3) is 5.24 Å². The maximum absolute atomic E-state index is 11.7. The van der Waals surface area contributed by atoms with E-state index in [1.54, 1.807) is 6.20 Å². The molecule has 3 aromatic rings. The first-order valence-corrected chi connectivity index (χ1v) is 11.4. The standard InChI is InChI=1S/C25H23N3O4S/c1-17(19-7-9-20(10-8-19)22-4-2-3-13-26-22)28-32-15-14-31-21-11-5-18(6-12-21)16-23-24(29)27-25(30)33-23/h2-13,23H,14-16H2,1H3,(H,27,29,30)/b28-17-. The number of thioether (sulfide) groups is 1. The maximum atomic E-state index is 11.7. The normalized spacial score (nSPS) is 15.9. The van der Waals surface area contributed by atoms with Gasteiger partial charge in [-0.2, -0.15) is 0 Å². The van der Waals surface area contributed by atoms with Gasteiger partial charge in [-0.1, -0.05) is 59.4 Å². The second-order valence-electron chi connectivity index (χ2n) is 7.38. The van der Waals surface area contributed by atoms with E-state index in [1.807, 2.05) is 73.7 Å². The SMILES string of the molecule is C/C(=N/OCCOc1ccc(CC2SC(=O)NC2=O)cc1)c1ccc(-c2ccccn2)cc1. The van der Waals surface area contributed by atoms with Crippen LogP contribution in [0.5, 0.6) is 5.75 Å². The highest BCUT2D eigenvalue weighted by Crippen LogP contribution is 2.24. The van der Waals surface area contributed by atoms with Crippen molar-refractivity contribution < 1.29 is 19.2 Å². The van der Waals surface area contributed by atoms with E-state index in [9.17, 15) is 9.59 Å². The molecule has 0 saturated carbocycles. The third kappa shape index (κ3) is 6.20. The lowest BCUT2D eigenvalue weighted by Crippen LogP contribution is -2.25. The molecule has 1 aliphatic rings. The smallest absolute Gasteiger partial charge is 0.286 e. The molecule has 1 atom stereocenters. The zero-order chi connectivity index (χ0) is 23.0. The number of nitrogens with one attached hydrogen (secondary N) is 1. The van der Waals surface area contributed by atoms with Crippen LogP contribution in [0.15, 0.2) is 78.1 Å². The highest BCUT2D eigenvalue weighted by molar-refractivity contribution is 8.15. The molecule has 0 radical (unpaired) electrons. The quantitative estimate of drug-likeness (QED) is 0.287. The monoisotopic (exact) mass is 461 g/mol. The summed E-state index contributed by atoms with van der Waals surface area (Å²) in [5.74, 6) is 0.468. The lowest BCUT2D eigenvalue weighted by molar-refractivity contribution is -0.118. The Labute approximate surface area is 196 Å². The first-order chi connectivity index (χ1) is 16.1. The van der Waals surface area contributed by atoms with Crippen LogP contribution in [0.3, 0.4) is 0 Å². The Morgan fingerprint density at radius 3 is 2.48 bits per heavy atom. The van der Waals surface area contributed by atoms with Crippen LogP contribution in [0, 0.1) is 0 Å². The van der Waals surface area contributed by atoms with E-state index in [4.69, 9.17) is 9.57 Å². The van der Waals surface area contributed by atoms with E-state index in [1.165, 1.54) is 0 Å². The fourth-order valence-corrected chi connectivity index (χ4v) is 4.13. The van der Waals surface area contributed by atoms with Crippen molar-refractivity contribution in [2.24, 2.45) is 5.16 Å². The Morgan fingerprint density at radius 2 is 1.82 bits per heavy atom. The third-order valence-electron chi connectivity index (χ3n) is 5.02. The van der Waals surface area contributed by atoms with Crippen molar-refractivity contribution in [3.8, 4) is 17.0 Å². The van der Waals surface area contributed by atoms with E-state index >= 15 is 0 Å². The number of carbonyl (C=O) groups is 2. The molecule has 1 N–H and O–H groups in total. The average molecular weight is 462 g/mol. The molecule has 0 aliphatic carbocycles. The molecule has 1 unspecified atom stereocenters. The summed E-state index contributed by atoms with van der Waals surface area (Å²) in [5.41, 5.74) is 4.70. The minimum absolute atomic E-state index is 0.234. The van der Waals surface area contributed by atoms with Crippen LogP contribution in [0.2, 0.25) is 0 Å². The van der Waals surface area contributed by atoms with Gasteiger partial charge in [0, 0.05) is 11.8 Å². The number of rotatable bonds is 9. The van der Waals surface area contributed by atoms with Gasteiger partial charge >= 0.3 is 0 Å². The van der Waals surface area contributed by atoms with Gasteiger partial charge in [0.1, 0.15) is 12.4 Å². The van der Waals surface area contributed by atoms with Crippen LogP contribution in [-0.2, 0) is 16.1 Å². The summed E-state index contributed by atoms with van der Waals surface area (Å²) >= 11 is 1.03. The van der Waals surface area contributed by atoms with E-state index < -0.39 is 0 Å². The molecule has 2 aromatic carbocycles. The molecular weight excluding hydrogens is 438 g/mol. The van der Waals surface area contributed by atoms with Gasteiger partial charge in [0.2, 0.25) is 5.91 Å². The summed E-state index contributed by atoms with van der Waals surface area (Å²) in [6.07, 6.45) is 2.28. The number of benzene rings is 2. The Hall–Kier alpha value is -3.65. The Kier molecular flexibility index (Phi) is 7.36. The Bertz CT molecular complexity index is 1130. The molecular formula is C25H23N3O4S. The van der Waals surface area contributed by atoms with Gasteiger partial charge < -0.3 is 9.57 Å². The largest absolute Gasteiger partial charge is 0.490 e. The van der Waals surface area contributed by atoms with E-state index in [-0.39, 0.29) is 16.4 Å². The fourth-order valence-electron chi connectivity index (χ4n) is 3.27. The fraction of sp³-hybridized carbons (Fsp3) is 0.200. The van der Waals surface area contributed by atoms with Gasteiger partial charge in [-0.25, -0.2) is 0 Å². The predicted octanol–water partition coefficient (Wildman–Crippen LogP) is 4.46. The van der Waals surface area contributed by atoms with Crippen molar-refractivity contribution in [1.29, 1.82) is 0 Å². The summed E-state index contributed by atoms with van der Waals surface area (Å²) < 4.78 is 5.68. The number of aromatic nitrogens is 1. The van der Waals surface area contributed by atoms with Gasteiger partial charge in [0.15, 0.2) is 6.61 Å². The van der Waals surface area contributed by atoms with E-state index in [0.717, 1.165) is 39.9 Å². The van der Waals surface area contributed by atoms with Crippen LogP contribution in [0.4, 0.5) is 4.79 Å². The van der Waals surface area contributed by atoms with Crippen LogP contribution in [0.1, 0.15) is 18.1 Å². The Morgan fingerprint density at radius 1 is 1.03 bits per heavy atom. The molecule has 33 heavy (non-hydrogen) atoms. The second-order valence-corrected chi connectivity index (χ2v) is 8.56. The second kappa shape index (κ2) is 10.8. The lowest BCUT2D eigenvalue weighted by atomic mass is 10.1. The van der Waals surface area contributed by atoms with Crippen LogP contribution < -0.4 is 10.1 Å². The zero-order valence-corrected chi connectivity index (χ0v) is 18.9. The number of carbonyl (C=O) groups excluding carboxylic acids is 2. The number of hydrogen-bond donors (Lipinski definition) is 1. The molecule has 1 aromatic heterocycles. The third-order valence-corrected chi connectivity index (χ3v) is 6.00. The van der Waals surface area contributed by atoms with Gasteiger partial charge in [0.05, 0.1) is 16.7 Å². The van der Waals surface area contributed by atoms with Gasteiger partial charge in [-0.05, 0) is 48.7 Å². The minimum Gasteiger partial charge on any atom is -0.490 e. The maximum Gasteiger partial charge on any atom is 0.286 e. The zero-order valence-electron chi connectivity index (χ0n) is 18.1. The number of nitrogens with zero attached hydrogens (tertiary/aromatic N) is 2. The summed E-state index contributed by atoms with van der Waals surface area (Å²) in [6, 6.07) is 21.3. The first kappa shape index (κ1) is 22.5. The molecule has 0 spiro atoms. The molecule has 1 fully saturated rings. The van der Waals surface area contributed by atoms with Crippen molar-refractivity contribution in [1.82, 2.24) is 10.3 Å². The van der Waals surface area contributed by atoms with Gasteiger partial charge in [-0.15, -0.1) is 0 Å². The molecule has 7 nitrogen and oxygen atoms in total. The summed E-state index contributed by atoms with van der Waals surface area (Å²) in [6.45, 7) is 2.56. The van der Waals surface area contributed by atoms with Crippen molar-refractivity contribution in [3.63, 3.8) is 0 Å². The minimum atomic E-state index is -0.370. The van der Waals surface area contributed by atoms with E-state index in [0.29, 0.717) is 25.4 Å². The van der Waals surface area contributed by atoms with Crippen molar-refractivity contribution in [2.75, 3.05) is 13.2 Å². The van der Waals surface area contributed by atoms with Crippen molar-refractivity contribution in [2.45, 2.75) is 18.6 Å². The van der Waals surface area contributed by atoms with Crippen LogP contribution >= 0.6 is 11.8 Å². The molecule has 0 bridgehead atoms. The highest BCUT2D eigenvalue weighted by atomic mass is 32.2. The number of imide groups is 1. The molecule has 4 rings (SSSR count). The van der Waals surface area contributed by atoms with Crippen LogP contribution in [0.25, 0.3) is 11.3 Å². The number of ether oxygens (including phenoxy) is 1. The highest BCUT2D eigenvalue weighted by Gasteiger charge is 2.31. The van der Waals surface area contributed by atoms with E-state index in [2.05, 4.69) is 15.5 Å². The molecule has 1 aliphatic heterocycles. The molecule has 2 heterocycles. The number of amides is 2. The molecule has 1 saturated heterocycles. The van der Waals surface area contributed by atoms with Crippen molar-refractivity contribution >= 4 is 28.6 Å². The number of oxime groups is 1. The average Bonchev–Trinajstić information content (AvgIpc) is 3.16. The lowest BCUT2D eigenvalue weighted by Gasteiger charge is -2.08. The predicted molar refractivity (Wildman–Crippen MR) is 128 cm³/mol. The molecule has 168 valence electrons. The summed E-state index contributed by atoms with van der Waals surface area (Å²) in [7, 11) is 0. The molecule has 2 amide bonds. The summed E-state index contributed by atoms with van der Waals surface area (Å²) in [5, 5.41) is 5.81. The Balaban J connectivity index is 1.20. The topological polar surface area (TPSA) is 89.9 Å². The number of pyridine rings is 1. The van der Waals surface area contributed by atoms with Crippen molar-refractivity contribution in [3.05, 3.63) is 84.1 Å². The molecule has 8 heteroatoms. The number of hydrogen-bond acceptors (Lipinski definition) is 7.